The Bertz CT molecular complexity index is 1320. The largest absolute Gasteiger partial charge is 0.338 e. The molecule has 0 aliphatic rings. The zero-order valence-corrected chi connectivity index (χ0v) is 14.7. The summed E-state index contributed by atoms with van der Waals surface area (Å²) in [6.07, 6.45) is 7.01. The van der Waals surface area contributed by atoms with Crippen LogP contribution in [0.3, 0.4) is 0 Å². The summed E-state index contributed by atoms with van der Waals surface area (Å²) in [5.74, 6) is 0.331. The number of benzene rings is 1. The fraction of sp³-hybridized carbons (Fsp3) is 0. The average molecular weight is 367 g/mol. The molecule has 0 spiro atoms. The van der Waals surface area contributed by atoms with Crippen molar-refractivity contribution in [1.82, 2.24) is 19.9 Å². The van der Waals surface area contributed by atoms with E-state index in [2.05, 4.69) is 25.3 Å². The molecule has 0 unspecified atom stereocenters. The summed E-state index contributed by atoms with van der Waals surface area (Å²) in [7, 11) is 0. The van der Waals surface area contributed by atoms with Gasteiger partial charge in [0.25, 0.3) is 0 Å². The maximum absolute atomic E-state index is 14.3. The van der Waals surface area contributed by atoms with E-state index in [9.17, 15) is 4.39 Å². The van der Waals surface area contributed by atoms with E-state index in [0.29, 0.717) is 33.8 Å². The highest BCUT2D eigenvalue weighted by Crippen LogP contribution is 2.30. The fourth-order valence-corrected chi connectivity index (χ4v) is 3.15. The van der Waals surface area contributed by atoms with Crippen molar-refractivity contribution < 1.29 is 4.39 Å². The molecule has 0 saturated heterocycles. The van der Waals surface area contributed by atoms with Gasteiger partial charge in [-0.1, -0.05) is 12.1 Å². The third kappa shape index (κ3) is 2.91. The van der Waals surface area contributed by atoms with Crippen LogP contribution < -0.4 is 5.32 Å². The Balaban J connectivity index is 1.66. The van der Waals surface area contributed by atoms with Crippen LogP contribution in [0.4, 0.5) is 15.9 Å². The normalized spacial score (nSPS) is 11.0. The second-order valence-electron chi connectivity index (χ2n) is 6.32. The first kappa shape index (κ1) is 16.3. The molecule has 0 bridgehead atoms. The van der Waals surface area contributed by atoms with E-state index in [-0.39, 0.29) is 5.82 Å². The molecule has 0 amide bonds. The van der Waals surface area contributed by atoms with Crippen molar-refractivity contribution in [2.24, 2.45) is 0 Å². The molecule has 6 heteroatoms. The molecule has 0 radical (unpaired) electrons. The van der Waals surface area contributed by atoms with E-state index in [0.717, 1.165) is 10.8 Å². The van der Waals surface area contributed by atoms with Crippen molar-refractivity contribution in [3.8, 4) is 11.3 Å². The Labute approximate surface area is 160 Å². The maximum atomic E-state index is 14.3. The van der Waals surface area contributed by atoms with Crippen LogP contribution in [0.2, 0.25) is 0 Å². The summed E-state index contributed by atoms with van der Waals surface area (Å²) < 4.78 is 14.3. The van der Waals surface area contributed by atoms with Gasteiger partial charge in [-0.15, -0.1) is 0 Å². The lowest BCUT2D eigenvalue weighted by Crippen LogP contribution is -1.99. The smallest absolute Gasteiger partial charge is 0.132 e. The Kier molecular flexibility index (Phi) is 3.87. The maximum Gasteiger partial charge on any atom is 0.132 e. The van der Waals surface area contributed by atoms with Gasteiger partial charge in [-0.25, -0.2) is 14.4 Å². The summed E-state index contributed by atoms with van der Waals surface area (Å²) in [6, 6.07) is 15.9. The van der Waals surface area contributed by atoms with Gasteiger partial charge in [-0.3, -0.25) is 9.97 Å². The number of aromatic nitrogens is 4. The van der Waals surface area contributed by atoms with Crippen molar-refractivity contribution in [2.45, 2.75) is 0 Å². The summed E-state index contributed by atoms with van der Waals surface area (Å²) in [5, 5.41) is 5.28. The van der Waals surface area contributed by atoms with Crippen molar-refractivity contribution in [1.29, 1.82) is 0 Å². The van der Waals surface area contributed by atoms with Crippen LogP contribution in [0.25, 0.3) is 33.1 Å². The number of halogens is 1. The number of nitrogens with zero attached hydrogens (tertiary/aromatic N) is 4. The van der Waals surface area contributed by atoms with Gasteiger partial charge in [0.2, 0.25) is 0 Å². The number of hydrogen-bond donors (Lipinski definition) is 1. The third-order valence-electron chi connectivity index (χ3n) is 4.50. The SMILES string of the molecule is Fc1ccccc1-c1cc(Nc2cc3cnccc3cn2)c2ncccc2n1. The van der Waals surface area contributed by atoms with Gasteiger partial charge in [0.15, 0.2) is 0 Å². The van der Waals surface area contributed by atoms with Crippen LogP contribution in [0.5, 0.6) is 0 Å². The van der Waals surface area contributed by atoms with Crippen LogP contribution in [-0.4, -0.2) is 19.9 Å². The average Bonchev–Trinajstić information content (AvgIpc) is 2.74. The molecule has 0 aliphatic heterocycles. The Hall–Kier alpha value is -3.93. The van der Waals surface area contributed by atoms with Gasteiger partial charge < -0.3 is 5.32 Å². The van der Waals surface area contributed by atoms with Gasteiger partial charge in [-0.05, 0) is 42.5 Å². The number of fused-ring (bicyclic) bond motifs is 2. The molecule has 4 heterocycles. The van der Waals surface area contributed by atoms with E-state index in [1.54, 1.807) is 49.1 Å². The Morgan fingerprint density at radius 3 is 2.68 bits per heavy atom. The van der Waals surface area contributed by atoms with Crippen LogP contribution >= 0.6 is 0 Å². The van der Waals surface area contributed by atoms with Crippen molar-refractivity contribution in [3.05, 3.63) is 85.2 Å². The number of rotatable bonds is 3. The van der Waals surface area contributed by atoms with Crippen LogP contribution in [-0.2, 0) is 0 Å². The lowest BCUT2D eigenvalue weighted by atomic mass is 10.1. The molecule has 0 aliphatic carbocycles. The quantitative estimate of drug-likeness (QED) is 0.479. The van der Waals surface area contributed by atoms with E-state index in [1.807, 2.05) is 24.3 Å². The summed E-state index contributed by atoms with van der Waals surface area (Å²) in [4.78, 5) is 17.6. The Morgan fingerprint density at radius 2 is 1.75 bits per heavy atom. The molecule has 0 saturated carbocycles. The number of anilines is 2. The van der Waals surface area contributed by atoms with Crippen LogP contribution in [0.1, 0.15) is 0 Å². The summed E-state index contributed by atoms with van der Waals surface area (Å²) in [5.41, 5.74) is 3.04. The predicted molar refractivity (Wildman–Crippen MR) is 108 cm³/mol. The molecule has 5 rings (SSSR count). The highest BCUT2D eigenvalue weighted by atomic mass is 19.1. The molecular weight excluding hydrogens is 353 g/mol. The molecule has 1 N–H and O–H groups in total. The van der Waals surface area contributed by atoms with Gasteiger partial charge in [0, 0.05) is 41.1 Å². The van der Waals surface area contributed by atoms with E-state index >= 15 is 0 Å². The van der Waals surface area contributed by atoms with Crippen LogP contribution in [0, 0.1) is 5.82 Å². The van der Waals surface area contributed by atoms with E-state index < -0.39 is 0 Å². The highest BCUT2D eigenvalue weighted by Gasteiger charge is 2.12. The van der Waals surface area contributed by atoms with Gasteiger partial charge in [-0.2, -0.15) is 0 Å². The molecule has 28 heavy (non-hydrogen) atoms. The minimum Gasteiger partial charge on any atom is -0.338 e. The number of hydrogen-bond acceptors (Lipinski definition) is 5. The Morgan fingerprint density at radius 1 is 0.821 bits per heavy atom. The second kappa shape index (κ2) is 6.66. The van der Waals surface area contributed by atoms with Gasteiger partial charge in [0.1, 0.15) is 17.2 Å². The first-order valence-electron chi connectivity index (χ1n) is 8.75. The zero-order chi connectivity index (χ0) is 18.9. The zero-order valence-electron chi connectivity index (χ0n) is 14.7. The van der Waals surface area contributed by atoms with E-state index in [4.69, 9.17) is 0 Å². The molecule has 0 fully saturated rings. The number of pyridine rings is 4. The minimum atomic E-state index is -0.320. The molecule has 5 aromatic rings. The van der Waals surface area contributed by atoms with E-state index in [1.165, 1.54) is 6.07 Å². The van der Waals surface area contributed by atoms with Crippen molar-refractivity contribution in [3.63, 3.8) is 0 Å². The first-order valence-corrected chi connectivity index (χ1v) is 8.75. The molecule has 5 nitrogen and oxygen atoms in total. The van der Waals surface area contributed by atoms with Gasteiger partial charge >= 0.3 is 0 Å². The molecular formula is C22H14FN5. The molecule has 134 valence electrons. The molecule has 0 atom stereocenters. The first-order chi connectivity index (χ1) is 13.8. The highest BCUT2D eigenvalue weighted by molar-refractivity contribution is 5.93. The minimum absolute atomic E-state index is 0.320. The van der Waals surface area contributed by atoms with Crippen molar-refractivity contribution >= 4 is 33.3 Å². The molecule has 1 aromatic carbocycles. The second-order valence-corrected chi connectivity index (χ2v) is 6.32. The lowest BCUT2D eigenvalue weighted by Gasteiger charge is -2.12. The topological polar surface area (TPSA) is 63.6 Å². The third-order valence-corrected chi connectivity index (χ3v) is 4.50. The number of nitrogens with one attached hydrogen (secondary N) is 1. The van der Waals surface area contributed by atoms with Crippen LogP contribution in [0.15, 0.2) is 79.4 Å². The molecule has 4 aromatic heterocycles. The monoisotopic (exact) mass is 367 g/mol. The fourth-order valence-electron chi connectivity index (χ4n) is 3.15. The van der Waals surface area contributed by atoms with Crippen molar-refractivity contribution in [2.75, 3.05) is 5.32 Å². The summed E-state index contributed by atoms with van der Waals surface area (Å²) in [6.45, 7) is 0. The summed E-state index contributed by atoms with van der Waals surface area (Å²) >= 11 is 0. The van der Waals surface area contributed by atoms with Gasteiger partial charge in [0.05, 0.1) is 16.9 Å². The lowest BCUT2D eigenvalue weighted by molar-refractivity contribution is 0.631. The standard InChI is InChI=1S/C22H14FN5/c23-17-5-2-1-4-16(17)19-11-20(22-18(27-19)6-3-8-25-22)28-21-10-15-12-24-9-7-14(15)13-26-21/h1-13H,(H,26,27,28). The predicted octanol–water partition coefficient (Wildman–Crippen LogP) is 5.12.